The van der Waals surface area contributed by atoms with Crippen molar-refractivity contribution in [3.8, 4) is 0 Å². The van der Waals surface area contributed by atoms with Gasteiger partial charge in [-0.25, -0.2) is 14.2 Å². The molecule has 2 aromatic carbocycles. The van der Waals surface area contributed by atoms with Crippen molar-refractivity contribution in [2.24, 2.45) is 0 Å². The number of alkyl halides is 3. The number of carbonyl (C=O) groups is 2. The van der Waals surface area contributed by atoms with Gasteiger partial charge >= 0.3 is 12.1 Å². The summed E-state index contributed by atoms with van der Waals surface area (Å²) in [6, 6.07) is 6.81. The van der Waals surface area contributed by atoms with Gasteiger partial charge in [-0.1, -0.05) is 0 Å². The van der Waals surface area contributed by atoms with Crippen molar-refractivity contribution in [2.45, 2.75) is 19.0 Å². The molecule has 0 bridgehead atoms. The fourth-order valence-corrected chi connectivity index (χ4v) is 3.50. The molecule has 3 rings (SSSR count). The van der Waals surface area contributed by atoms with E-state index in [-0.39, 0.29) is 29.6 Å². The minimum atomic E-state index is -4.45. The van der Waals surface area contributed by atoms with Crippen LogP contribution in [-0.2, 0) is 22.1 Å². The van der Waals surface area contributed by atoms with Crippen molar-refractivity contribution in [1.82, 2.24) is 4.98 Å². The van der Waals surface area contributed by atoms with Gasteiger partial charge in [0.1, 0.15) is 5.82 Å². The summed E-state index contributed by atoms with van der Waals surface area (Å²) >= 11 is 1.19. The second-order valence-corrected chi connectivity index (χ2v) is 7.14. The maximum atomic E-state index is 14.0. The minimum Gasteiger partial charge on any atom is -0.465 e. The first kappa shape index (κ1) is 20.7. The molecule has 0 aliphatic rings. The largest absolute Gasteiger partial charge is 0.465 e. The molecule has 5 nitrogen and oxygen atoms in total. The van der Waals surface area contributed by atoms with Gasteiger partial charge < -0.3 is 10.1 Å². The standard InChI is InChI=1S/C19H14F4N2O3S/c1-28-18(27)10-2-4-13(12(20)8-10)24-16(26)6-7-17-25-14-9-11(19(21,22)23)3-5-15(14)29-17/h2-5,8-9H,6-7H2,1H3,(H,24,26). The molecular weight excluding hydrogens is 412 g/mol. The fraction of sp³-hybridized carbons (Fsp3) is 0.211. The number of halogens is 4. The van der Waals surface area contributed by atoms with E-state index in [0.717, 1.165) is 18.2 Å². The predicted octanol–water partition coefficient (Wildman–Crippen LogP) is 4.81. The number of benzene rings is 2. The van der Waals surface area contributed by atoms with Crippen LogP contribution in [0.4, 0.5) is 23.2 Å². The Morgan fingerprint density at radius 2 is 1.93 bits per heavy atom. The summed E-state index contributed by atoms with van der Waals surface area (Å²) in [7, 11) is 1.17. The lowest BCUT2D eigenvalue weighted by Crippen LogP contribution is -2.14. The number of anilines is 1. The smallest absolute Gasteiger partial charge is 0.416 e. The zero-order valence-corrected chi connectivity index (χ0v) is 15.8. The van der Waals surface area contributed by atoms with Crippen LogP contribution in [0.15, 0.2) is 36.4 Å². The van der Waals surface area contributed by atoms with Crippen LogP contribution >= 0.6 is 11.3 Å². The van der Waals surface area contributed by atoms with Gasteiger partial charge in [0, 0.05) is 12.8 Å². The van der Waals surface area contributed by atoms with E-state index in [1.54, 1.807) is 0 Å². The summed E-state index contributed by atoms with van der Waals surface area (Å²) in [5.41, 5.74) is -0.660. The van der Waals surface area contributed by atoms with E-state index in [0.29, 0.717) is 9.71 Å². The number of fused-ring (bicyclic) bond motifs is 1. The molecular formula is C19H14F4N2O3S. The number of amides is 1. The van der Waals surface area contributed by atoms with Crippen molar-refractivity contribution < 1.29 is 31.9 Å². The first-order valence-corrected chi connectivity index (χ1v) is 9.13. The summed E-state index contributed by atoms with van der Waals surface area (Å²) in [5, 5.41) is 2.89. The van der Waals surface area contributed by atoms with Gasteiger partial charge in [0.15, 0.2) is 0 Å². The molecule has 1 N–H and O–H groups in total. The van der Waals surface area contributed by atoms with E-state index in [1.165, 1.54) is 36.6 Å². The molecule has 0 saturated heterocycles. The van der Waals surface area contributed by atoms with E-state index >= 15 is 0 Å². The summed E-state index contributed by atoms with van der Waals surface area (Å²) in [4.78, 5) is 27.6. The maximum absolute atomic E-state index is 14.0. The normalized spacial score (nSPS) is 11.5. The number of nitrogens with zero attached hydrogens (tertiary/aromatic N) is 1. The average molecular weight is 426 g/mol. The van der Waals surface area contributed by atoms with E-state index < -0.39 is 29.4 Å². The van der Waals surface area contributed by atoms with Gasteiger partial charge in [-0.3, -0.25) is 4.79 Å². The van der Waals surface area contributed by atoms with E-state index in [1.807, 2.05) is 0 Å². The second kappa shape index (κ2) is 8.16. The van der Waals surface area contributed by atoms with Crippen molar-refractivity contribution >= 4 is 39.1 Å². The second-order valence-electron chi connectivity index (χ2n) is 6.02. The van der Waals surface area contributed by atoms with Crippen LogP contribution in [0.1, 0.15) is 27.3 Å². The highest BCUT2D eigenvalue weighted by atomic mass is 32.1. The van der Waals surface area contributed by atoms with Gasteiger partial charge in [-0.15, -0.1) is 11.3 Å². The van der Waals surface area contributed by atoms with Gasteiger partial charge in [0.05, 0.1) is 39.1 Å². The Kier molecular flexibility index (Phi) is 5.83. The minimum absolute atomic E-state index is 0.00991. The maximum Gasteiger partial charge on any atom is 0.416 e. The van der Waals surface area contributed by atoms with Crippen LogP contribution in [-0.4, -0.2) is 24.0 Å². The average Bonchev–Trinajstić information content (AvgIpc) is 3.08. The van der Waals surface area contributed by atoms with Gasteiger partial charge in [0.25, 0.3) is 0 Å². The zero-order valence-electron chi connectivity index (χ0n) is 15.0. The lowest BCUT2D eigenvalue weighted by Gasteiger charge is -2.07. The number of aromatic nitrogens is 1. The Labute approximate surface area is 166 Å². The molecule has 29 heavy (non-hydrogen) atoms. The third-order valence-corrected chi connectivity index (χ3v) is 5.09. The number of aryl methyl sites for hydroxylation is 1. The lowest BCUT2D eigenvalue weighted by molar-refractivity contribution is -0.137. The Morgan fingerprint density at radius 3 is 2.59 bits per heavy atom. The molecule has 0 aliphatic heterocycles. The molecule has 1 heterocycles. The number of hydrogen-bond acceptors (Lipinski definition) is 5. The summed E-state index contributed by atoms with van der Waals surface area (Å²) in [6.07, 6.45) is -4.30. The van der Waals surface area contributed by atoms with Gasteiger partial charge in [0.2, 0.25) is 5.91 Å². The number of ether oxygens (including phenoxy) is 1. The number of methoxy groups -OCH3 is 1. The zero-order chi connectivity index (χ0) is 21.2. The Hall–Kier alpha value is -3.01. The molecule has 10 heteroatoms. The third-order valence-electron chi connectivity index (χ3n) is 3.99. The molecule has 3 aromatic rings. The number of carbonyl (C=O) groups excluding carboxylic acids is 2. The summed E-state index contributed by atoms with van der Waals surface area (Å²) < 4.78 is 57.4. The molecule has 0 unspecified atom stereocenters. The molecule has 1 aromatic heterocycles. The van der Waals surface area contributed by atoms with Gasteiger partial charge in [-0.2, -0.15) is 13.2 Å². The molecule has 0 saturated carbocycles. The van der Waals surface area contributed by atoms with Gasteiger partial charge in [-0.05, 0) is 36.4 Å². The monoisotopic (exact) mass is 426 g/mol. The number of esters is 1. The first-order chi connectivity index (χ1) is 13.7. The highest BCUT2D eigenvalue weighted by Crippen LogP contribution is 2.33. The highest BCUT2D eigenvalue weighted by molar-refractivity contribution is 7.18. The number of thiazole rings is 1. The van der Waals surface area contributed by atoms with Crippen LogP contribution in [0.2, 0.25) is 0 Å². The molecule has 0 spiro atoms. The molecule has 0 atom stereocenters. The molecule has 1 amide bonds. The van der Waals surface area contributed by atoms with Crippen molar-refractivity contribution in [3.05, 3.63) is 58.3 Å². The molecule has 0 aliphatic carbocycles. The van der Waals surface area contributed by atoms with Crippen molar-refractivity contribution in [2.75, 3.05) is 12.4 Å². The number of nitrogens with one attached hydrogen (secondary N) is 1. The van der Waals surface area contributed by atoms with Crippen LogP contribution in [0.25, 0.3) is 10.2 Å². The third kappa shape index (κ3) is 4.89. The fourth-order valence-electron chi connectivity index (χ4n) is 2.55. The molecule has 0 fully saturated rings. The lowest BCUT2D eigenvalue weighted by atomic mass is 10.2. The Morgan fingerprint density at radius 1 is 1.17 bits per heavy atom. The summed E-state index contributed by atoms with van der Waals surface area (Å²) in [6.45, 7) is 0. The van der Waals surface area contributed by atoms with Crippen molar-refractivity contribution in [1.29, 1.82) is 0 Å². The SMILES string of the molecule is COC(=O)c1ccc(NC(=O)CCc2nc3cc(C(F)(F)F)ccc3s2)c(F)c1. The Balaban J connectivity index is 1.64. The van der Waals surface area contributed by atoms with Crippen LogP contribution in [0.3, 0.4) is 0 Å². The summed E-state index contributed by atoms with van der Waals surface area (Å²) in [5.74, 6) is -1.99. The van der Waals surface area contributed by atoms with E-state index in [2.05, 4.69) is 15.0 Å². The first-order valence-electron chi connectivity index (χ1n) is 8.32. The van der Waals surface area contributed by atoms with Crippen LogP contribution < -0.4 is 5.32 Å². The highest BCUT2D eigenvalue weighted by Gasteiger charge is 2.30. The van der Waals surface area contributed by atoms with E-state index in [4.69, 9.17) is 0 Å². The number of hydrogen-bond donors (Lipinski definition) is 1. The Bertz CT molecular complexity index is 1080. The molecule has 0 radical (unpaired) electrons. The van der Waals surface area contributed by atoms with Crippen molar-refractivity contribution in [3.63, 3.8) is 0 Å². The van der Waals surface area contributed by atoms with E-state index in [9.17, 15) is 27.2 Å². The predicted molar refractivity (Wildman–Crippen MR) is 99.3 cm³/mol. The van der Waals surface area contributed by atoms with Crippen LogP contribution in [0.5, 0.6) is 0 Å². The number of rotatable bonds is 5. The quantitative estimate of drug-likeness (QED) is 0.470. The molecule has 152 valence electrons. The van der Waals surface area contributed by atoms with Crippen LogP contribution in [0, 0.1) is 5.82 Å². The topological polar surface area (TPSA) is 68.3 Å².